The largest absolute Gasteiger partial charge is 0.385 e. The van der Waals surface area contributed by atoms with Crippen LogP contribution < -0.4 is 0 Å². The van der Waals surface area contributed by atoms with Gasteiger partial charge < -0.3 is 5.11 Å². The summed E-state index contributed by atoms with van der Waals surface area (Å²) in [5, 5.41) is 10.3. The van der Waals surface area contributed by atoms with E-state index in [4.69, 9.17) is 0 Å². The first-order chi connectivity index (χ1) is 6.61. The fraction of sp³-hybridized carbons (Fsp3) is 0.500. The van der Waals surface area contributed by atoms with Crippen molar-refractivity contribution in [3.63, 3.8) is 0 Å². The van der Waals surface area contributed by atoms with Gasteiger partial charge in [-0.3, -0.25) is 0 Å². The van der Waals surface area contributed by atoms with Crippen molar-refractivity contribution in [3.05, 3.63) is 29.8 Å². The van der Waals surface area contributed by atoms with Crippen molar-refractivity contribution in [1.29, 1.82) is 0 Å². The van der Waals surface area contributed by atoms with E-state index < -0.39 is 5.60 Å². The smallest absolute Gasteiger partial charge is 0.0879 e. The first kappa shape index (κ1) is 11.6. The van der Waals surface area contributed by atoms with E-state index in [-0.39, 0.29) is 0 Å². The molecule has 0 spiro atoms. The molecule has 0 aliphatic rings. The summed E-state index contributed by atoms with van der Waals surface area (Å²) in [5.74, 6) is 0. The summed E-state index contributed by atoms with van der Waals surface area (Å²) in [6.07, 6.45) is 3.85. The number of hydrogen-bond acceptors (Lipinski definition) is 2. The molecule has 1 rings (SSSR count). The van der Waals surface area contributed by atoms with Crippen LogP contribution in [0.15, 0.2) is 29.2 Å². The molecule has 2 heteroatoms. The average Bonchev–Trinajstić information content (AvgIpc) is 2.18. The highest BCUT2D eigenvalue weighted by Gasteiger charge is 2.24. The molecular formula is C12H18OS. The van der Waals surface area contributed by atoms with Gasteiger partial charge in [0.2, 0.25) is 0 Å². The first-order valence-corrected chi connectivity index (χ1v) is 6.20. The lowest BCUT2D eigenvalue weighted by molar-refractivity contribution is 0.0443. The van der Waals surface area contributed by atoms with Crippen molar-refractivity contribution in [2.24, 2.45) is 0 Å². The van der Waals surface area contributed by atoms with Crippen LogP contribution >= 0.6 is 11.8 Å². The molecule has 0 aromatic heterocycles. The van der Waals surface area contributed by atoms with Crippen LogP contribution in [0.1, 0.15) is 32.3 Å². The fourth-order valence-corrected chi connectivity index (χ4v) is 2.43. The van der Waals surface area contributed by atoms with Gasteiger partial charge in [0.05, 0.1) is 5.60 Å². The van der Waals surface area contributed by atoms with Gasteiger partial charge in [-0.05, 0) is 31.2 Å². The summed E-state index contributed by atoms with van der Waals surface area (Å²) < 4.78 is 0. The Morgan fingerprint density at radius 2 is 2.00 bits per heavy atom. The van der Waals surface area contributed by atoms with E-state index in [1.165, 1.54) is 4.90 Å². The van der Waals surface area contributed by atoms with Crippen LogP contribution in [0, 0.1) is 0 Å². The molecule has 0 fully saturated rings. The number of aliphatic hydroxyl groups is 1. The lowest BCUT2D eigenvalue weighted by Crippen LogP contribution is -2.21. The summed E-state index contributed by atoms with van der Waals surface area (Å²) >= 11 is 1.69. The Morgan fingerprint density at radius 1 is 1.36 bits per heavy atom. The van der Waals surface area contributed by atoms with Crippen molar-refractivity contribution in [3.8, 4) is 0 Å². The minimum atomic E-state index is -0.686. The average molecular weight is 210 g/mol. The van der Waals surface area contributed by atoms with Gasteiger partial charge in [0.15, 0.2) is 0 Å². The predicted molar refractivity (Wildman–Crippen MR) is 62.7 cm³/mol. The minimum Gasteiger partial charge on any atom is -0.385 e. The molecule has 0 aliphatic heterocycles. The molecule has 0 aliphatic carbocycles. The van der Waals surface area contributed by atoms with Crippen molar-refractivity contribution in [2.75, 3.05) is 6.26 Å². The van der Waals surface area contributed by atoms with Crippen LogP contribution in [0.5, 0.6) is 0 Å². The molecule has 0 amide bonds. The molecule has 0 radical (unpaired) electrons. The number of benzene rings is 1. The zero-order valence-corrected chi connectivity index (χ0v) is 9.90. The molecule has 0 saturated carbocycles. The van der Waals surface area contributed by atoms with Crippen LogP contribution in [0.3, 0.4) is 0 Å². The zero-order chi connectivity index (χ0) is 10.6. The molecule has 1 nitrogen and oxygen atoms in total. The Hall–Kier alpha value is -0.470. The number of hydrogen-bond donors (Lipinski definition) is 1. The van der Waals surface area contributed by atoms with E-state index in [1.807, 2.05) is 31.4 Å². The van der Waals surface area contributed by atoms with Crippen molar-refractivity contribution >= 4 is 11.8 Å². The Bertz CT molecular complexity index is 294. The number of thioether (sulfide) groups is 1. The second-order valence-electron chi connectivity index (χ2n) is 3.72. The van der Waals surface area contributed by atoms with E-state index in [0.717, 1.165) is 18.4 Å². The van der Waals surface area contributed by atoms with Crippen LogP contribution in [-0.2, 0) is 5.60 Å². The Kier molecular flexibility index (Phi) is 4.02. The van der Waals surface area contributed by atoms with Gasteiger partial charge in [-0.2, -0.15) is 0 Å². The fourth-order valence-electron chi connectivity index (χ4n) is 1.71. The van der Waals surface area contributed by atoms with Gasteiger partial charge in [0.25, 0.3) is 0 Å². The summed E-state index contributed by atoms with van der Waals surface area (Å²) in [7, 11) is 0. The van der Waals surface area contributed by atoms with E-state index in [1.54, 1.807) is 11.8 Å². The van der Waals surface area contributed by atoms with Gasteiger partial charge in [0.1, 0.15) is 0 Å². The van der Waals surface area contributed by atoms with Gasteiger partial charge in [-0.1, -0.05) is 31.5 Å². The molecule has 78 valence electrons. The minimum absolute atomic E-state index is 0.686. The normalized spacial score (nSPS) is 15.1. The first-order valence-electron chi connectivity index (χ1n) is 4.97. The standard InChI is InChI=1S/C12H18OS/c1-4-9-12(2,13)10-7-5-6-8-11(10)14-3/h5-8,13H,4,9H2,1-3H3/t12-/m1/s1. The van der Waals surface area contributed by atoms with Gasteiger partial charge in [-0.25, -0.2) is 0 Å². The lowest BCUT2D eigenvalue weighted by Gasteiger charge is -2.25. The third-order valence-corrected chi connectivity index (χ3v) is 3.22. The Morgan fingerprint density at radius 3 is 2.57 bits per heavy atom. The topological polar surface area (TPSA) is 20.2 Å². The van der Waals surface area contributed by atoms with Crippen molar-refractivity contribution < 1.29 is 5.11 Å². The van der Waals surface area contributed by atoms with E-state index in [2.05, 4.69) is 13.0 Å². The van der Waals surface area contributed by atoms with E-state index in [0.29, 0.717) is 0 Å². The quantitative estimate of drug-likeness (QED) is 0.768. The summed E-state index contributed by atoms with van der Waals surface area (Å²) in [5.41, 5.74) is 0.364. The molecule has 1 aromatic rings. The Balaban J connectivity index is 3.04. The number of rotatable bonds is 4. The van der Waals surface area contributed by atoms with Crippen LogP contribution in [0.2, 0.25) is 0 Å². The van der Waals surface area contributed by atoms with Crippen LogP contribution in [0.25, 0.3) is 0 Å². The molecule has 1 atom stereocenters. The molecule has 0 bridgehead atoms. The maximum Gasteiger partial charge on any atom is 0.0879 e. The van der Waals surface area contributed by atoms with Crippen molar-refractivity contribution in [1.82, 2.24) is 0 Å². The summed E-state index contributed by atoms with van der Waals surface area (Å²) in [6.45, 7) is 3.99. The van der Waals surface area contributed by atoms with E-state index >= 15 is 0 Å². The second-order valence-corrected chi connectivity index (χ2v) is 4.57. The molecule has 0 unspecified atom stereocenters. The highest BCUT2D eigenvalue weighted by atomic mass is 32.2. The maximum absolute atomic E-state index is 10.3. The van der Waals surface area contributed by atoms with Gasteiger partial charge in [-0.15, -0.1) is 11.8 Å². The van der Waals surface area contributed by atoms with Gasteiger partial charge >= 0.3 is 0 Å². The van der Waals surface area contributed by atoms with Crippen LogP contribution in [-0.4, -0.2) is 11.4 Å². The molecular weight excluding hydrogens is 192 g/mol. The highest BCUT2D eigenvalue weighted by molar-refractivity contribution is 7.98. The predicted octanol–water partition coefficient (Wildman–Crippen LogP) is 3.42. The monoisotopic (exact) mass is 210 g/mol. The third-order valence-electron chi connectivity index (χ3n) is 2.42. The molecule has 1 aromatic carbocycles. The van der Waals surface area contributed by atoms with Crippen molar-refractivity contribution in [2.45, 2.75) is 37.2 Å². The zero-order valence-electron chi connectivity index (χ0n) is 9.08. The Labute approximate surface area is 90.5 Å². The molecule has 1 N–H and O–H groups in total. The third kappa shape index (κ3) is 2.52. The second kappa shape index (κ2) is 4.85. The SMILES string of the molecule is CCC[C@@](C)(O)c1ccccc1SC. The summed E-state index contributed by atoms with van der Waals surface area (Å²) in [4.78, 5) is 1.17. The summed E-state index contributed by atoms with van der Waals surface area (Å²) in [6, 6.07) is 8.07. The van der Waals surface area contributed by atoms with E-state index in [9.17, 15) is 5.11 Å². The molecule has 0 saturated heterocycles. The lowest BCUT2D eigenvalue weighted by atomic mass is 9.91. The molecule has 14 heavy (non-hydrogen) atoms. The van der Waals surface area contributed by atoms with Gasteiger partial charge in [0, 0.05) is 4.90 Å². The highest BCUT2D eigenvalue weighted by Crippen LogP contribution is 2.32. The van der Waals surface area contributed by atoms with Crippen LogP contribution in [0.4, 0.5) is 0 Å². The maximum atomic E-state index is 10.3. The molecule has 0 heterocycles.